The Balaban J connectivity index is 0. The molecule has 0 aromatic heterocycles. The molecule has 0 unspecified atom stereocenters. The van der Waals surface area contributed by atoms with Gasteiger partial charge in [-0.25, -0.2) is 0 Å². The molecule has 0 aliphatic rings. The van der Waals surface area contributed by atoms with Crippen molar-refractivity contribution < 1.29 is 0 Å². The van der Waals surface area contributed by atoms with Gasteiger partial charge in [-0.15, -0.1) is 0 Å². The van der Waals surface area contributed by atoms with Crippen LogP contribution in [0.25, 0.3) is 0 Å². The summed E-state index contributed by atoms with van der Waals surface area (Å²) >= 11 is 0. The normalized spacial score (nSPS) is 0. The van der Waals surface area contributed by atoms with E-state index in [1.165, 1.54) is 0 Å². The van der Waals surface area contributed by atoms with E-state index in [-0.39, 0.29) is 36.8 Å². The van der Waals surface area contributed by atoms with Crippen molar-refractivity contribution in [2.45, 2.75) is 14.9 Å². The SMILES string of the molecule is C.C.[Si].[Si]. The van der Waals surface area contributed by atoms with Crippen molar-refractivity contribution in [3.05, 3.63) is 0 Å². The monoisotopic (exact) mass is 88.0 g/mol. The van der Waals surface area contributed by atoms with Gasteiger partial charge in [-0.2, -0.15) is 0 Å². The molecule has 0 aromatic rings. The van der Waals surface area contributed by atoms with Gasteiger partial charge in [0.25, 0.3) is 0 Å². The Kier molecular flexibility index (Phi) is 7510. The molecule has 0 spiro atoms. The van der Waals surface area contributed by atoms with Gasteiger partial charge in [-0.05, 0) is 0 Å². The maximum absolute atomic E-state index is 0. The van der Waals surface area contributed by atoms with E-state index in [0.717, 1.165) is 0 Å². The molecule has 0 heterocycles. The lowest BCUT2D eigenvalue weighted by molar-refractivity contribution is 2.50. The number of rotatable bonds is 0. The smallest absolute Gasteiger partial charge is 0 e. The van der Waals surface area contributed by atoms with Crippen LogP contribution in [-0.4, -0.2) is 21.9 Å². The van der Waals surface area contributed by atoms with Crippen molar-refractivity contribution in [3.8, 4) is 0 Å². The largest absolute Gasteiger partial charge is 0.0776 e. The second-order valence-corrected chi connectivity index (χ2v) is 0. The first-order valence-electron chi connectivity index (χ1n) is 0. The van der Waals surface area contributed by atoms with Crippen molar-refractivity contribution in [3.63, 3.8) is 0 Å². The average Bonchev–Trinajstić information content (AvgIpc) is 0. The first kappa shape index (κ1) is 278. The highest BCUT2D eigenvalue weighted by Crippen LogP contribution is 0.145. The van der Waals surface area contributed by atoms with Crippen LogP contribution in [-0.2, 0) is 0 Å². The zero-order chi connectivity index (χ0) is 0. The second kappa shape index (κ2) is 108. The zero-order valence-electron chi connectivity index (χ0n) is 1.00. The van der Waals surface area contributed by atoms with Crippen molar-refractivity contribution in [2.24, 2.45) is 0 Å². The standard InChI is InChI=1S/2CH4.2Si/h2*1H4;;. The molecule has 0 N–H and O–H groups in total. The first-order chi connectivity index (χ1) is 0. The highest BCUT2D eigenvalue weighted by atomic mass is 28.1. The summed E-state index contributed by atoms with van der Waals surface area (Å²) in [5, 5.41) is 0. The lowest BCUT2D eigenvalue weighted by Crippen LogP contribution is -0.382. The summed E-state index contributed by atoms with van der Waals surface area (Å²) in [7, 11) is 0. The van der Waals surface area contributed by atoms with Gasteiger partial charge in [0.1, 0.15) is 0 Å². The predicted molar refractivity (Wildman–Crippen MR) is 25.0 cm³/mol. The van der Waals surface area contributed by atoms with Crippen LogP contribution in [0.5, 0.6) is 0 Å². The van der Waals surface area contributed by atoms with E-state index in [2.05, 4.69) is 0 Å². The molecular weight excluding hydrogens is 80.2 g/mol. The van der Waals surface area contributed by atoms with Gasteiger partial charge < -0.3 is 0 Å². The van der Waals surface area contributed by atoms with Crippen LogP contribution in [0.1, 0.15) is 14.9 Å². The molecule has 0 saturated heterocycles. The van der Waals surface area contributed by atoms with Gasteiger partial charge in [-0.3, -0.25) is 0 Å². The predicted octanol–water partition coefficient (Wildman–Crippen LogP) is 0.511. The summed E-state index contributed by atoms with van der Waals surface area (Å²) in [6, 6.07) is 0. The lowest BCUT2D eigenvalue weighted by Gasteiger charge is -0.0786. The summed E-state index contributed by atoms with van der Waals surface area (Å²) in [5.74, 6) is 0. The summed E-state index contributed by atoms with van der Waals surface area (Å²) in [5.41, 5.74) is 0. The van der Waals surface area contributed by atoms with E-state index in [4.69, 9.17) is 0 Å². The Morgan fingerprint density at radius 2 is 0.500 bits per heavy atom. The Morgan fingerprint density at radius 1 is 0.500 bits per heavy atom. The fourth-order valence-corrected chi connectivity index (χ4v) is 0. The Bertz CT molecular complexity index is 4.00. The molecule has 0 rings (SSSR count). The van der Waals surface area contributed by atoms with E-state index in [9.17, 15) is 0 Å². The van der Waals surface area contributed by atoms with Gasteiger partial charge in [0.05, 0.1) is 0 Å². The molecule has 4 heavy (non-hydrogen) atoms. The van der Waals surface area contributed by atoms with Crippen LogP contribution in [0, 0.1) is 0 Å². The van der Waals surface area contributed by atoms with Crippen molar-refractivity contribution >= 4 is 21.9 Å². The van der Waals surface area contributed by atoms with E-state index in [0.29, 0.717) is 0 Å². The summed E-state index contributed by atoms with van der Waals surface area (Å²) in [6.07, 6.45) is 0. The molecule has 0 bridgehead atoms. The van der Waals surface area contributed by atoms with E-state index in [1.807, 2.05) is 0 Å². The number of hydrogen-bond donors (Lipinski definition) is 0. The lowest BCUT2D eigenvalue weighted by atomic mass is 12.0. The molecule has 0 aliphatic carbocycles. The average molecular weight is 88.3 g/mol. The topological polar surface area (TPSA) is 0 Å². The minimum absolute atomic E-state index is 0. The molecular formula is C2H8Si2. The highest BCUT2D eigenvalue weighted by Gasteiger charge is 0.00105. The van der Waals surface area contributed by atoms with Crippen LogP contribution >= 0.6 is 0 Å². The van der Waals surface area contributed by atoms with Gasteiger partial charge in [0, 0.05) is 21.9 Å². The van der Waals surface area contributed by atoms with Crippen molar-refractivity contribution in [2.75, 3.05) is 0 Å². The number of hydrogen-bond acceptors (Lipinski definition) is 0. The Labute approximate surface area is 37.7 Å². The third kappa shape index (κ3) is 26.6. The first-order valence-corrected chi connectivity index (χ1v) is 0. The molecule has 8 radical (unpaired) electrons. The quantitative estimate of drug-likeness (QED) is 0.379. The second-order valence-electron chi connectivity index (χ2n) is 0. The van der Waals surface area contributed by atoms with Gasteiger partial charge in [-0.1, -0.05) is 14.9 Å². The molecule has 24 valence electrons. The van der Waals surface area contributed by atoms with Gasteiger partial charge in [0.2, 0.25) is 0 Å². The fourth-order valence-electron chi connectivity index (χ4n) is 0. The van der Waals surface area contributed by atoms with Crippen molar-refractivity contribution in [1.29, 1.82) is 0 Å². The third-order valence-electron chi connectivity index (χ3n) is 0. The molecule has 0 saturated carbocycles. The molecule has 2 heteroatoms. The molecule has 0 atom stereocenters. The van der Waals surface area contributed by atoms with Gasteiger partial charge >= 0.3 is 0 Å². The van der Waals surface area contributed by atoms with Crippen LogP contribution in [0.2, 0.25) is 0 Å². The summed E-state index contributed by atoms with van der Waals surface area (Å²) in [6.45, 7) is 0. The van der Waals surface area contributed by atoms with E-state index in [1.54, 1.807) is 0 Å². The fraction of sp³-hybridized carbons (Fsp3) is 1.00. The van der Waals surface area contributed by atoms with E-state index >= 15 is 0 Å². The zero-order valence-corrected chi connectivity index (χ0v) is 3.00. The summed E-state index contributed by atoms with van der Waals surface area (Å²) in [4.78, 5) is 0. The minimum Gasteiger partial charge on any atom is -0.0776 e. The van der Waals surface area contributed by atoms with Crippen molar-refractivity contribution in [1.82, 2.24) is 0 Å². The maximum atomic E-state index is 0. The van der Waals surface area contributed by atoms with E-state index < -0.39 is 0 Å². The van der Waals surface area contributed by atoms with Crippen LogP contribution in [0.4, 0.5) is 0 Å². The Hall–Kier alpha value is 0.434. The molecule has 0 aromatic carbocycles. The Morgan fingerprint density at radius 3 is 0.500 bits per heavy atom. The van der Waals surface area contributed by atoms with Crippen LogP contribution in [0.3, 0.4) is 0 Å². The highest BCUT2D eigenvalue weighted by molar-refractivity contribution is 5.76. The van der Waals surface area contributed by atoms with Crippen LogP contribution < -0.4 is 0 Å². The summed E-state index contributed by atoms with van der Waals surface area (Å²) < 4.78 is 0. The van der Waals surface area contributed by atoms with Gasteiger partial charge in [0.15, 0.2) is 0 Å². The molecule has 0 aliphatic heterocycles. The molecule has 0 nitrogen and oxygen atoms in total. The van der Waals surface area contributed by atoms with Crippen LogP contribution in [0.15, 0.2) is 0 Å². The molecule has 0 fully saturated rings. The third-order valence-corrected chi connectivity index (χ3v) is 0. The molecule has 0 amide bonds. The minimum atomic E-state index is 0. The maximum Gasteiger partial charge on any atom is 0 e.